The number of ketones is 1. The zero-order valence-electron chi connectivity index (χ0n) is 11.2. The van der Waals surface area contributed by atoms with Crippen molar-refractivity contribution < 1.29 is 14.6 Å². The third-order valence-corrected chi connectivity index (χ3v) is 3.57. The number of ether oxygens (including phenoxy) is 1. The Morgan fingerprint density at radius 2 is 2.19 bits per heavy atom. The molecule has 0 aliphatic heterocycles. The molecule has 1 aromatic heterocycles. The molecule has 0 spiro atoms. The van der Waals surface area contributed by atoms with Gasteiger partial charge < -0.3 is 9.84 Å². The number of hydrogen-bond donors (Lipinski definition) is 1. The Labute approximate surface area is 132 Å². The lowest BCUT2D eigenvalue weighted by molar-refractivity contribution is 0.0982. The molecule has 0 saturated carbocycles. The van der Waals surface area contributed by atoms with Crippen molar-refractivity contribution in [3.8, 4) is 11.5 Å². The largest absolute Gasteiger partial charge is 0.503 e. The van der Waals surface area contributed by atoms with E-state index in [1.54, 1.807) is 30.3 Å². The Kier molecular flexibility index (Phi) is 5.04. The number of benzene rings is 1. The summed E-state index contributed by atoms with van der Waals surface area (Å²) in [4.78, 5) is 16.1. The van der Waals surface area contributed by atoms with Gasteiger partial charge in [0, 0.05) is 6.20 Å². The van der Waals surface area contributed by atoms with Crippen LogP contribution in [0.4, 0.5) is 0 Å². The fourth-order valence-corrected chi connectivity index (χ4v) is 2.39. The summed E-state index contributed by atoms with van der Waals surface area (Å²) in [6, 6.07) is 8.22. The fraction of sp³-hybridized carbons (Fsp3) is 0.200. The minimum Gasteiger partial charge on any atom is -0.503 e. The zero-order chi connectivity index (χ0) is 15.4. The van der Waals surface area contributed by atoms with Crippen LogP contribution in [0, 0.1) is 0 Å². The quantitative estimate of drug-likeness (QED) is 0.675. The summed E-state index contributed by atoms with van der Waals surface area (Å²) in [5.74, 6) is -0.155. The maximum atomic E-state index is 12.1. The number of phenolic OH excluding ortho intramolecular Hbond substituents is 1. The van der Waals surface area contributed by atoms with Crippen molar-refractivity contribution in [2.45, 2.75) is 11.8 Å². The van der Waals surface area contributed by atoms with Gasteiger partial charge in [0.25, 0.3) is 0 Å². The van der Waals surface area contributed by atoms with Gasteiger partial charge in [-0.25, -0.2) is 0 Å². The molecule has 4 nitrogen and oxygen atoms in total. The molecule has 1 heterocycles. The van der Waals surface area contributed by atoms with E-state index in [-0.39, 0.29) is 28.7 Å². The van der Waals surface area contributed by atoms with Crippen LogP contribution in [-0.4, -0.2) is 28.4 Å². The maximum absolute atomic E-state index is 12.1. The number of carbonyl (C=O) groups is 1. The number of carbonyl (C=O) groups excluding carboxylic acids is 1. The highest BCUT2D eigenvalue weighted by molar-refractivity contribution is 6.34. The first-order chi connectivity index (χ1) is 10.0. The molecule has 1 aromatic carbocycles. The van der Waals surface area contributed by atoms with E-state index in [0.717, 1.165) is 0 Å². The zero-order valence-corrected chi connectivity index (χ0v) is 12.7. The Hall–Kier alpha value is -1.78. The SMILES string of the molecule is COc1cc(CC(Cl)C(=O)c2ccccn2)cc(Cl)c1O. The number of aromatic nitrogens is 1. The summed E-state index contributed by atoms with van der Waals surface area (Å²) in [5, 5.41) is 9.05. The number of alkyl halides is 1. The smallest absolute Gasteiger partial charge is 0.199 e. The summed E-state index contributed by atoms with van der Waals surface area (Å²) in [6.45, 7) is 0. The minimum absolute atomic E-state index is 0.134. The van der Waals surface area contributed by atoms with Gasteiger partial charge >= 0.3 is 0 Å². The molecule has 2 rings (SSSR count). The van der Waals surface area contributed by atoms with E-state index in [2.05, 4.69) is 4.98 Å². The van der Waals surface area contributed by atoms with E-state index in [4.69, 9.17) is 27.9 Å². The third-order valence-electron chi connectivity index (χ3n) is 2.92. The van der Waals surface area contributed by atoms with E-state index in [1.165, 1.54) is 13.3 Å². The molecule has 21 heavy (non-hydrogen) atoms. The number of methoxy groups -OCH3 is 1. The highest BCUT2D eigenvalue weighted by Crippen LogP contribution is 2.35. The molecule has 2 aromatic rings. The number of phenols is 1. The summed E-state index contributed by atoms with van der Waals surface area (Å²) in [7, 11) is 1.42. The highest BCUT2D eigenvalue weighted by Gasteiger charge is 2.20. The molecule has 0 fully saturated rings. The molecule has 1 N–H and O–H groups in total. The van der Waals surface area contributed by atoms with Crippen LogP contribution in [-0.2, 0) is 6.42 Å². The van der Waals surface area contributed by atoms with E-state index in [1.807, 2.05) is 0 Å². The number of nitrogens with zero attached hydrogens (tertiary/aromatic N) is 1. The van der Waals surface area contributed by atoms with Crippen molar-refractivity contribution in [3.63, 3.8) is 0 Å². The molecule has 6 heteroatoms. The molecule has 0 bridgehead atoms. The lowest BCUT2D eigenvalue weighted by atomic mass is 10.0. The van der Waals surface area contributed by atoms with Crippen molar-refractivity contribution in [1.29, 1.82) is 0 Å². The van der Waals surface area contributed by atoms with Gasteiger partial charge in [-0.2, -0.15) is 0 Å². The standard InChI is InChI=1S/C15H13Cl2NO3/c1-21-13-8-9(7-11(17)15(13)20)6-10(16)14(19)12-4-2-3-5-18-12/h2-5,7-8,10,20H,6H2,1H3. The number of rotatable bonds is 5. The lowest BCUT2D eigenvalue weighted by Gasteiger charge is -2.11. The van der Waals surface area contributed by atoms with Gasteiger partial charge in [-0.05, 0) is 36.2 Å². The number of halogens is 2. The molecule has 0 saturated heterocycles. The average Bonchev–Trinajstić information content (AvgIpc) is 2.50. The first-order valence-electron chi connectivity index (χ1n) is 6.17. The van der Waals surface area contributed by atoms with Crippen LogP contribution in [0.3, 0.4) is 0 Å². The number of Topliss-reactive ketones (excluding diaryl/α,β-unsaturated/α-hetero) is 1. The fourth-order valence-electron chi connectivity index (χ4n) is 1.87. The summed E-state index contributed by atoms with van der Waals surface area (Å²) >= 11 is 12.1. The normalized spacial score (nSPS) is 12.0. The second-order valence-electron chi connectivity index (χ2n) is 4.38. The number of pyridine rings is 1. The van der Waals surface area contributed by atoms with E-state index in [0.29, 0.717) is 11.3 Å². The van der Waals surface area contributed by atoms with E-state index in [9.17, 15) is 9.90 Å². The maximum Gasteiger partial charge on any atom is 0.199 e. The van der Waals surface area contributed by atoms with Crippen molar-refractivity contribution in [2.75, 3.05) is 7.11 Å². The van der Waals surface area contributed by atoms with Gasteiger partial charge in [-0.15, -0.1) is 11.6 Å². The van der Waals surface area contributed by atoms with Crippen molar-refractivity contribution in [1.82, 2.24) is 4.98 Å². The summed E-state index contributed by atoms with van der Waals surface area (Å²) in [6.07, 6.45) is 1.80. The predicted octanol–water partition coefficient (Wildman–Crippen LogP) is 3.48. The van der Waals surface area contributed by atoms with E-state index >= 15 is 0 Å². The Morgan fingerprint density at radius 1 is 1.43 bits per heavy atom. The summed E-state index contributed by atoms with van der Waals surface area (Å²) in [5.41, 5.74) is 1.01. The van der Waals surface area contributed by atoms with Gasteiger partial charge in [-0.3, -0.25) is 9.78 Å². The van der Waals surface area contributed by atoms with Crippen LogP contribution < -0.4 is 4.74 Å². The first-order valence-corrected chi connectivity index (χ1v) is 6.99. The molecular formula is C15H13Cl2NO3. The predicted molar refractivity (Wildman–Crippen MR) is 81.6 cm³/mol. The molecule has 0 radical (unpaired) electrons. The van der Waals surface area contributed by atoms with Gasteiger partial charge in [0.1, 0.15) is 11.1 Å². The highest BCUT2D eigenvalue weighted by atomic mass is 35.5. The molecular weight excluding hydrogens is 313 g/mol. The van der Waals surface area contributed by atoms with Crippen LogP contribution in [0.2, 0.25) is 5.02 Å². The van der Waals surface area contributed by atoms with E-state index < -0.39 is 5.38 Å². The number of aromatic hydroxyl groups is 1. The topological polar surface area (TPSA) is 59.4 Å². The van der Waals surface area contributed by atoms with Gasteiger partial charge in [-0.1, -0.05) is 17.7 Å². The van der Waals surface area contributed by atoms with Crippen LogP contribution in [0.15, 0.2) is 36.5 Å². The third kappa shape index (κ3) is 3.65. The van der Waals surface area contributed by atoms with Gasteiger partial charge in [0.05, 0.1) is 12.1 Å². The Morgan fingerprint density at radius 3 is 2.81 bits per heavy atom. The van der Waals surface area contributed by atoms with Crippen LogP contribution in [0.5, 0.6) is 11.5 Å². The second-order valence-corrected chi connectivity index (χ2v) is 5.31. The van der Waals surface area contributed by atoms with Gasteiger partial charge in [0.2, 0.25) is 0 Å². The van der Waals surface area contributed by atoms with Gasteiger partial charge in [0.15, 0.2) is 17.3 Å². The molecule has 0 aliphatic rings. The first kappa shape index (κ1) is 15.6. The van der Waals surface area contributed by atoms with Crippen molar-refractivity contribution in [3.05, 3.63) is 52.8 Å². The molecule has 110 valence electrons. The Balaban J connectivity index is 2.18. The van der Waals surface area contributed by atoms with Crippen LogP contribution >= 0.6 is 23.2 Å². The van der Waals surface area contributed by atoms with Crippen molar-refractivity contribution in [2.24, 2.45) is 0 Å². The van der Waals surface area contributed by atoms with Crippen LogP contribution in [0.25, 0.3) is 0 Å². The number of hydrogen-bond acceptors (Lipinski definition) is 4. The monoisotopic (exact) mass is 325 g/mol. The second kappa shape index (κ2) is 6.78. The van der Waals surface area contributed by atoms with Crippen molar-refractivity contribution >= 4 is 29.0 Å². The summed E-state index contributed by atoms with van der Waals surface area (Å²) < 4.78 is 5.02. The molecule has 0 amide bonds. The molecule has 1 atom stereocenters. The lowest BCUT2D eigenvalue weighted by Crippen LogP contribution is -2.18. The average molecular weight is 326 g/mol. The molecule has 0 aliphatic carbocycles. The molecule has 1 unspecified atom stereocenters. The Bertz CT molecular complexity index is 647. The van der Waals surface area contributed by atoms with Crippen LogP contribution in [0.1, 0.15) is 16.1 Å². The minimum atomic E-state index is -0.773.